The highest BCUT2D eigenvalue weighted by atomic mass is 19.2. The summed E-state index contributed by atoms with van der Waals surface area (Å²) in [6.07, 6.45) is 0.686. The Balaban J connectivity index is 3.07. The van der Waals surface area contributed by atoms with Crippen molar-refractivity contribution in [3.05, 3.63) is 29.3 Å². The summed E-state index contributed by atoms with van der Waals surface area (Å²) in [5, 5.41) is 0. The van der Waals surface area contributed by atoms with Gasteiger partial charge in [0.2, 0.25) is 5.82 Å². The molecule has 0 saturated carbocycles. The van der Waals surface area contributed by atoms with Crippen molar-refractivity contribution in [2.75, 3.05) is 6.61 Å². The molecule has 0 amide bonds. The summed E-state index contributed by atoms with van der Waals surface area (Å²) in [4.78, 5) is 11.0. The molecule has 1 aromatic carbocycles. The van der Waals surface area contributed by atoms with Crippen molar-refractivity contribution in [3.8, 4) is 5.75 Å². The Morgan fingerprint density at radius 1 is 1.40 bits per heavy atom. The molecule has 0 spiro atoms. The Bertz CT molecular complexity index is 375. The average molecular weight is 214 g/mol. The lowest BCUT2D eigenvalue weighted by molar-refractivity contribution is 0.101. The van der Waals surface area contributed by atoms with Crippen molar-refractivity contribution in [2.45, 2.75) is 20.3 Å². The first-order valence-electron chi connectivity index (χ1n) is 4.69. The second-order valence-electron chi connectivity index (χ2n) is 3.17. The summed E-state index contributed by atoms with van der Waals surface area (Å²) in [7, 11) is 0. The Labute approximate surface area is 86.9 Å². The van der Waals surface area contributed by atoms with Crippen LogP contribution >= 0.6 is 0 Å². The molecule has 0 bridgehead atoms. The number of Topliss-reactive ketones (excluding diaryl/α,β-unsaturated/α-hetero) is 1. The van der Waals surface area contributed by atoms with E-state index in [1.807, 2.05) is 6.92 Å². The van der Waals surface area contributed by atoms with Crippen molar-refractivity contribution >= 4 is 5.78 Å². The maximum atomic E-state index is 13.2. The fraction of sp³-hybridized carbons (Fsp3) is 0.364. The summed E-state index contributed by atoms with van der Waals surface area (Å²) in [5.74, 6) is -2.64. The Kier molecular flexibility index (Phi) is 3.77. The average Bonchev–Trinajstić information content (AvgIpc) is 2.19. The molecule has 1 rings (SSSR count). The first-order chi connectivity index (χ1) is 7.06. The Morgan fingerprint density at radius 3 is 2.60 bits per heavy atom. The number of ether oxygens (including phenoxy) is 1. The SMILES string of the molecule is CCCOc1cc(C(C)=O)cc(F)c1F. The minimum absolute atomic E-state index is 0.111. The lowest BCUT2D eigenvalue weighted by Crippen LogP contribution is -2.02. The van der Waals surface area contributed by atoms with Crippen LogP contribution in [-0.4, -0.2) is 12.4 Å². The monoisotopic (exact) mass is 214 g/mol. The van der Waals surface area contributed by atoms with E-state index in [-0.39, 0.29) is 23.7 Å². The highest BCUT2D eigenvalue weighted by molar-refractivity contribution is 5.94. The summed E-state index contributed by atoms with van der Waals surface area (Å²) in [6.45, 7) is 3.43. The van der Waals surface area contributed by atoms with Crippen LogP contribution in [0, 0.1) is 11.6 Å². The van der Waals surface area contributed by atoms with Crippen molar-refractivity contribution in [2.24, 2.45) is 0 Å². The molecule has 0 atom stereocenters. The summed E-state index contributed by atoms with van der Waals surface area (Å²) >= 11 is 0. The van der Waals surface area contributed by atoms with Crippen LogP contribution < -0.4 is 4.74 Å². The van der Waals surface area contributed by atoms with E-state index in [9.17, 15) is 13.6 Å². The number of ketones is 1. The van der Waals surface area contributed by atoms with Gasteiger partial charge in [-0.2, -0.15) is 4.39 Å². The van der Waals surface area contributed by atoms with Crippen molar-refractivity contribution in [1.29, 1.82) is 0 Å². The number of benzene rings is 1. The summed E-state index contributed by atoms with van der Waals surface area (Å²) in [6, 6.07) is 2.09. The van der Waals surface area contributed by atoms with Gasteiger partial charge in [0.1, 0.15) is 0 Å². The lowest BCUT2D eigenvalue weighted by atomic mass is 10.1. The molecule has 82 valence electrons. The van der Waals surface area contributed by atoms with E-state index in [1.165, 1.54) is 13.0 Å². The van der Waals surface area contributed by atoms with Gasteiger partial charge in [-0.05, 0) is 25.5 Å². The van der Waals surface area contributed by atoms with Crippen LogP contribution in [0.25, 0.3) is 0 Å². The summed E-state index contributed by atoms with van der Waals surface area (Å²) in [5.41, 5.74) is 0.111. The molecule has 0 aliphatic rings. The number of rotatable bonds is 4. The molecule has 0 N–H and O–H groups in total. The largest absolute Gasteiger partial charge is 0.490 e. The predicted molar refractivity (Wildman–Crippen MR) is 52.1 cm³/mol. The highest BCUT2D eigenvalue weighted by Crippen LogP contribution is 2.22. The van der Waals surface area contributed by atoms with Gasteiger partial charge in [0.15, 0.2) is 17.3 Å². The first-order valence-corrected chi connectivity index (χ1v) is 4.69. The van der Waals surface area contributed by atoms with Crippen LogP contribution in [0.3, 0.4) is 0 Å². The summed E-state index contributed by atoms with van der Waals surface area (Å²) < 4.78 is 31.2. The first kappa shape index (κ1) is 11.6. The molecule has 0 heterocycles. The smallest absolute Gasteiger partial charge is 0.200 e. The van der Waals surface area contributed by atoms with E-state index in [4.69, 9.17) is 4.74 Å². The zero-order chi connectivity index (χ0) is 11.4. The van der Waals surface area contributed by atoms with E-state index in [1.54, 1.807) is 0 Å². The van der Waals surface area contributed by atoms with E-state index < -0.39 is 11.6 Å². The van der Waals surface area contributed by atoms with Crippen LogP contribution in [0.4, 0.5) is 8.78 Å². The van der Waals surface area contributed by atoms with Gasteiger partial charge in [0, 0.05) is 5.56 Å². The number of carbonyl (C=O) groups is 1. The van der Waals surface area contributed by atoms with Crippen molar-refractivity contribution < 1.29 is 18.3 Å². The number of hydrogen-bond donors (Lipinski definition) is 0. The quantitative estimate of drug-likeness (QED) is 0.720. The van der Waals surface area contributed by atoms with E-state index in [0.29, 0.717) is 6.42 Å². The van der Waals surface area contributed by atoms with Crippen molar-refractivity contribution in [1.82, 2.24) is 0 Å². The highest BCUT2D eigenvalue weighted by Gasteiger charge is 2.13. The molecule has 0 aliphatic carbocycles. The normalized spacial score (nSPS) is 10.1. The van der Waals surface area contributed by atoms with Crippen LogP contribution in [0.1, 0.15) is 30.6 Å². The third-order valence-corrected chi connectivity index (χ3v) is 1.86. The molecule has 0 fully saturated rings. The van der Waals surface area contributed by atoms with Gasteiger partial charge in [-0.25, -0.2) is 4.39 Å². The molecule has 4 heteroatoms. The van der Waals surface area contributed by atoms with E-state index >= 15 is 0 Å². The maximum absolute atomic E-state index is 13.2. The third kappa shape index (κ3) is 2.75. The molecule has 2 nitrogen and oxygen atoms in total. The van der Waals surface area contributed by atoms with Crippen LogP contribution in [0.5, 0.6) is 5.75 Å². The minimum atomic E-state index is -1.06. The second kappa shape index (κ2) is 4.87. The molecule has 0 radical (unpaired) electrons. The van der Waals surface area contributed by atoms with Crippen LogP contribution in [-0.2, 0) is 0 Å². The van der Waals surface area contributed by atoms with E-state index in [2.05, 4.69) is 0 Å². The van der Waals surface area contributed by atoms with Crippen molar-refractivity contribution in [3.63, 3.8) is 0 Å². The van der Waals surface area contributed by atoms with E-state index in [0.717, 1.165) is 6.07 Å². The topological polar surface area (TPSA) is 26.3 Å². The third-order valence-electron chi connectivity index (χ3n) is 1.86. The van der Waals surface area contributed by atoms with Gasteiger partial charge >= 0.3 is 0 Å². The fourth-order valence-corrected chi connectivity index (χ4v) is 1.08. The molecule has 1 aromatic rings. The second-order valence-corrected chi connectivity index (χ2v) is 3.17. The number of hydrogen-bond acceptors (Lipinski definition) is 2. The van der Waals surface area contributed by atoms with Gasteiger partial charge in [0.05, 0.1) is 6.61 Å². The molecule has 15 heavy (non-hydrogen) atoms. The molecular formula is C11H12F2O2. The molecular weight excluding hydrogens is 202 g/mol. The number of halogens is 2. The standard InChI is InChI=1S/C11H12F2O2/c1-3-4-15-10-6-8(7(2)14)5-9(12)11(10)13/h5-6H,3-4H2,1-2H3. The minimum Gasteiger partial charge on any atom is -0.490 e. The van der Waals surface area contributed by atoms with Gasteiger partial charge < -0.3 is 4.74 Å². The molecule has 0 aliphatic heterocycles. The van der Waals surface area contributed by atoms with Gasteiger partial charge in [-0.3, -0.25) is 4.79 Å². The fourth-order valence-electron chi connectivity index (χ4n) is 1.08. The maximum Gasteiger partial charge on any atom is 0.200 e. The van der Waals surface area contributed by atoms with Gasteiger partial charge in [-0.15, -0.1) is 0 Å². The van der Waals surface area contributed by atoms with Gasteiger partial charge in [0.25, 0.3) is 0 Å². The molecule has 0 saturated heterocycles. The number of carbonyl (C=O) groups excluding carboxylic acids is 1. The van der Waals surface area contributed by atoms with Gasteiger partial charge in [-0.1, -0.05) is 6.92 Å². The zero-order valence-corrected chi connectivity index (χ0v) is 8.64. The van der Waals surface area contributed by atoms with Crippen LogP contribution in [0.15, 0.2) is 12.1 Å². The molecule has 0 unspecified atom stereocenters. The predicted octanol–water partition coefficient (Wildman–Crippen LogP) is 2.96. The van der Waals surface area contributed by atoms with Crippen LogP contribution in [0.2, 0.25) is 0 Å². The lowest BCUT2D eigenvalue weighted by Gasteiger charge is -2.07. The molecule has 0 aromatic heterocycles. The Morgan fingerprint density at radius 2 is 2.07 bits per heavy atom. The Hall–Kier alpha value is -1.45. The zero-order valence-electron chi connectivity index (χ0n) is 8.64.